The Morgan fingerprint density at radius 3 is 2.71 bits per heavy atom. The molecule has 0 radical (unpaired) electrons. The smallest absolute Gasteiger partial charge is 0.353 e. The number of benzene rings is 1. The molecule has 0 fully saturated rings. The van der Waals surface area contributed by atoms with Crippen LogP contribution in [0.15, 0.2) is 22.7 Å². The van der Waals surface area contributed by atoms with Crippen LogP contribution in [0.4, 0.5) is 0 Å². The largest absolute Gasteiger partial charge is 0.477 e. The van der Waals surface area contributed by atoms with Crippen molar-refractivity contribution in [2.24, 2.45) is 0 Å². The van der Waals surface area contributed by atoms with Crippen LogP contribution in [0, 0.1) is 13.8 Å². The van der Waals surface area contributed by atoms with Crippen molar-refractivity contribution in [1.82, 2.24) is 10.2 Å². The number of nitrogens with zero attached hydrogens (tertiary/aromatic N) is 1. The maximum absolute atomic E-state index is 10.8. The molecule has 0 aliphatic heterocycles. The Morgan fingerprint density at radius 2 is 2.12 bits per heavy atom. The fraction of sp³-hybridized carbons (Fsp3) is 0.167. The Balaban J connectivity index is 2.60. The molecule has 0 bridgehead atoms. The van der Waals surface area contributed by atoms with Gasteiger partial charge in [-0.1, -0.05) is 22.0 Å². The number of hydrogen-bond donors (Lipinski definition) is 2. The molecular weight excluding hydrogens is 284 g/mol. The van der Waals surface area contributed by atoms with Gasteiger partial charge in [0.2, 0.25) is 0 Å². The van der Waals surface area contributed by atoms with Crippen molar-refractivity contribution in [2.45, 2.75) is 13.8 Å². The fourth-order valence-corrected chi connectivity index (χ4v) is 2.11. The Kier molecular flexibility index (Phi) is 3.02. The third kappa shape index (κ3) is 2.10. The zero-order chi connectivity index (χ0) is 12.6. The average Bonchev–Trinajstić information content (AvgIpc) is 2.73. The van der Waals surface area contributed by atoms with E-state index in [0.29, 0.717) is 5.69 Å². The summed E-state index contributed by atoms with van der Waals surface area (Å²) >= 11 is 3.46. The molecule has 1 aromatic heterocycles. The number of halogens is 1. The van der Waals surface area contributed by atoms with Crippen LogP contribution in [0.5, 0.6) is 0 Å². The molecule has 0 unspecified atom stereocenters. The van der Waals surface area contributed by atoms with E-state index in [1.54, 1.807) is 6.07 Å². The Bertz CT molecular complexity index is 590. The molecule has 4 nitrogen and oxygen atoms in total. The van der Waals surface area contributed by atoms with E-state index >= 15 is 0 Å². The van der Waals surface area contributed by atoms with Gasteiger partial charge in [0, 0.05) is 10.0 Å². The van der Waals surface area contributed by atoms with E-state index in [1.807, 2.05) is 26.0 Å². The van der Waals surface area contributed by atoms with Gasteiger partial charge in [0.1, 0.15) is 5.69 Å². The molecule has 17 heavy (non-hydrogen) atoms. The molecule has 1 aromatic carbocycles. The van der Waals surface area contributed by atoms with Crippen molar-refractivity contribution in [3.8, 4) is 11.3 Å². The van der Waals surface area contributed by atoms with Gasteiger partial charge in [0.25, 0.3) is 0 Å². The van der Waals surface area contributed by atoms with E-state index in [2.05, 4.69) is 26.1 Å². The Morgan fingerprint density at radius 1 is 1.41 bits per heavy atom. The second-order valence-corrected chi connectivity index (χ2v) is 4.69. The zero-order valence-corrected chi connectivity index (χ0v) is 11.0. The number of carboxylic acids is 1. The molecule has 2 aromatic rings. The van der Waals surface area contributed by atoms with Gasteiger partial charge in [-0.15, -0.1) is 0 Å². The number of aromatic carboxylic acids is 1. The molecule has 0 aliphatic carbocycles. The Labute approximate surface area is 107 Å². The van der Waals surface area contributed by atoms with E-state index < -0.39 is 5.97 Å². The first-order valence-corrected chi connectivity index (χ1v) is 5.84. The molecule has 0 atom stereocenters. The zero-order valence-electron chi connectivity index (χ0n) is 9.41. The summed E-state index contributed by atoms with van der Waals surface area (Å²) in [4.78, 5) is 10.8. The summed E-state index contributed by atoms with van der Waals surface area (Å²) in [6.07, 6.45) is 0. The highest BCUT2D eigenvalue weighted by atomic mass is 79.9. The number of H-pyrrole nitrogens is 1. The van der Waals surface area contributed by atoms with Crippen LogP contribution < -0.4 is 0 Å². The van der Waals surface area contributed by atoms with Crippen molar-refractivity contribution in [1.29, 1.82) is 0 Å². The highest BCUT2D eigenvalue weighted by Gasteiger charge is 2.14. The second-order valence-electron chi connectivity index (χ2n) is 3.84. The third-order valence-corrected chi connectivity index (χ3v) is 3.53. The van der Waals surface area contributed by atoms with Crippen LogP contribution in [0.1, 0.15) is 21.6 Å². The van der Waals surface area contributed by atoms with Crippen molar-refractivity contribution in [3.63, 3.8) is 0 Å². The number of aromatic amines is 1. The molecule has 0 spiro atoms. The quantitative estimate of drug-likeness (QED) is 0.894. The van der Waals surface area contributed by atoms with Crippen molar-refractivity contribution in [3.05, 3.63) is 39.5 Å². The third-order valence-electron chi connectivity index (χ3n) is 2.67. The summed E-state index contributed by atoms with van der Waals surface area (Å²) in [5.74, 6) is -1.01. The molecular formula is C12H11BrN2O2. The first kappa shape index (κ1) is 11.9. The van der Waals surface area contributed by atoms with Gasteiger partial charge in [-0.05, 0) is 37.1 Å². The topological polar surface area (TPSA) is 66.0 Å². The van der Waals surface area contributed by atoms with Crippen LogP contribution >= 0.6 is 15.9 Å². The van der Waals surface area contributed by atoms with Gasteiger partial charge >= 0.3 is 5.97 Å². The molecule has 0 saturated heterocycles. The van der Waals surface area contributed by atoms with Crippen LogP contribution in [-0.2, 0) is 0 Å². The molecule has 0 amide bonds. The minimum atomic E-state index is -1.01. The van der Waals surface area contributed by atoms with Crippen molar-refractivity contribution >= 4 is 21.9 Å². The predicted molar refractivity (Wildman–Crippen MR) is 68.2 cm³/mol. The summed E-state index contributed by atoms with van der Waals surface area (Å²) < 4.78 is 0.984. The lowest BCUT2D eigenvalue weighted by Crippen LogP contribution is -1.95. The fourth-order valence-electron chi connectivity index (χ4n) is 1.78. The lowest BCUT2D eigenvalue weighted by atomic mass is 10.00. The number of carbonyl (C=O) groups is 1. The normalized spacial score (nSPS) is 10.5. The molecule has 0 saturated carbocycles. The van der Waals surface area contributed by atoms with Crippen LogP contribution in [-0.4, -0.2) is 21.3 Å². The maximum atomic E-state index is 10.8. The predicted octanol–water partition coefficient (Wildman–Crippen LogP) is 3.15. The second kappa shape index (κ2) is 4.33. The van der Waals surface area contributed by atoms with Gasteiger partial charge in [-0.25, -0.2) is 4.79 Å². The standard InChI is InChI=1S/C12H11BrN2O2/c1-6-3-4-8(13)7(2)11(6)9-5-10(12(16)17)15-14-9/h3-5H,1-2H3,(H,14,15)(H,16,17). The molecule has 5 heteroatoms. The highest BCUT2D eigenvalue weighted by molar-refractivity contribution is 9.10. The number of carboxylic acid groups (broad SMARTS) is 1. The van der Waals surface area contributed by atoms with E-state index in [9.17, 15) is 4.79 Å². The van der Waals surface area contributed by atoms with Gasteiger partial charge in [-0.3, -0.25) is 5.10 Å². The van der Waals surface area contributed by atoms with Crippen LogP contribution in [0.25, 0.3) is 11.3 Å². The number of aryl methyl sites for hydroxylation is 1. The lowest BCUT2D eigenvalue weighted by molar-refractivity contribution is 0.0690. The minimum Gasteiger partial charge on any atom is -0.477 e. The van der Waals surface area contributed by atoms with Gasteiger partial charge in [0.15, 0.2) is 0 Å². The molecule has 1 heterocycles. The van der Waals surface area contributed by atoms with E-state index in [4.69, 9.17) is 5.11 Å². The molecule has 2 rings (SSSR count). The van der Waals surface area contributed by atoms with Crippen molar-refractivity contribution in [2.75, 3.05) is 0 Å². The van der Waals surface area contributed by atoms with E-state index in [-0.39, 0.29) is 5.69 Å². The summed E-state index contributed by atoms with van der Waals surface area (Å²) in [5.41, 5.74) is 3.82. The Hall–Kier alpha value is -1.62. The number of hydrogen-bond acceptors (Lipinski definition) is 2. The van der Waals surface area contributed by atoms with E-state index in [0.717, 1.165) is 21.2 Å². The van der Waals surface area contributed by atoms with E-state index in [1.165, 1.54) is 0 Å². The summed E-state index contributed by atoms with van der Waals surface area (Å²) in [6, 6.07) is 5.49. The summed E-state index contributed by atoms with van der Waals surface area (Å²) in [6.45, 7) is 3.95. The number of rotatable bonds is 2. The molecule has 0 aliphatic rings. The first-order valence-electron chi connectivity index (χ1n) is 5.05. The highest BCUT2D eigenvalue weighted by Crippen LogP contribution is 2.30. The average molecular weight is 295 g/mol. The summed E-state index contributed by atoms with van der Waals surface area (Å²) in [5, 5.41) is 15.4. The van der Waals surface area contributed by atoms with Crippen LogP contribution in [0.2, 0.25) is 0 Å². The number of nitrogens with one attached hydrogen (secondary N) is 1. The SMILES string of the molecule is Cc1ccc(Br)c(C)c1-c1cc(C(=O)O)[nH]n1. The monoisotopic (exact) mass is 294 g/mol. The van der Waals surface area contributed by atoms with Gasteiger partial charge in [-0.2, -0.15) is 5.10 Å². The first-order chi connectivity index (χ1) is 8.00. The minimum absolute atomic E-state index is 0.0961. The lowest BCUT2D eigenvalue weighted by Gasteiger charge is -2.08. The van der Waals surface area contributed by atoms with Crippen LogP contribution in [0.3, 0.4) is 0 Å². The summed E-state index contributed by atoms with van der Waals surface area (Å²) in [7, 11) is 0. The number of aromatic nitrogens is 2. The molecule has 88 valence electrons. The maximum Gasteiger partial charge on any atom is 0.353 e. The van der Waals surface area contributed by atoms with Gasteiger partial charge < -0.3 is 5.11 Å². The van der Waals surface area contributed by atoms with Gasteiger partial charge in [0.05, 0.1) is 5.69 Å². The molecule has 2 N–H and O–H groups in total. The van der Waals surface area contributed by atoms with Crippen molar-refractivity contribution < 1.29 is 9.90 Å².